The Kier molecular flexibility index (Phi) is 4.56. The summed E-state index contributed by atoms with van der Waals surface area (Å²) in [4.78, 5) is 12.6. The van der Waals surface area contributed by atoms with Gasteiger partial charge in [0.2, 0.25) is 5.91 Å². The highest BCUT2D eigenvalue weighted by atomic mass is 35.5. The average molecular weight is 366 g/mol. The van der Waals surface area contributed by atoms with Crippen molar-refractivity contribution in [3.8, 4) is 0 Å². The van der Waals surface area contributed by atoms with Crippen LogP contribution in [0.5, 0.6) is 0 Å². The zero-order chi connectivity index (χ0) is 18.2. The van der Waals surface area contributed by atoms with Gasteiger partial charge in [0.15, 0.2) is 0 Å². The molecule has 0 bridgehead atoms. The molecule has 132 valence electrons. The molecule has 0 radical (unpaired) electrons. The first-order valence-electron chi connectivity index (χ1n) is 7.97. The smallest absolute Gasteiger partial charge is 0.230 e. The van der Waals surface area contributed by atoms with Crippen molar-refractivity contribution in [3.05, 3.63) is 70.2 Å². The number of carbonyl (C=O) groups excluding carboxylic acids is 1. The Labute approximate surface area is 149 Å². The Hall–Kier alpha value is -1.98. The molecule has 2 N–H and O–H groups in total. The third kappa shape index (κ3) is 3.53. The summed E-state index contributed by atoms with van der Waals surface area (Å²) in [7, 11) is 0. The molecule has 0 heterocycles. The van der Waals surface area contributed by atoms with Crippen molar-refractivity contribution in [3.63, 3.8) is 0 Å². The maximum Gasteiger partial charge on any atom is 0.230 e. The minimum Gasteiger partial charge on any atom is -0.383 e. The molecule has 0 saturated heterocycles. The number of nitrogens with one attached hydrogen (secondary N) is 1. The van der Waals surface area contributed by atoms with Crippen LogP contribution in [0.2, 0.25) is 5.02 Å². The van der Waals surface area contributed by atoms with Gasteiger partial charge in [-0.15, -0.1) is 0 Å². The highest BCUT2D eigenvalue weighted by molar-refractivity contribution is 6.30. The van der Waals surface area contributed by atoms with Crippen LogP contribution in [0.1, 0.15) is 30.9 Å². The summed E-state index contributed by atoms with van der Waals surface area (Å²) in [6, 6.07) is 10.1. The maximum atomic E-state index is 13.9. The maximum absolute atomic E-state index is 13.9. The molecule has 1 fully saturated rings. The molecule has 25 heavy (non-hydrogen) atoms. The standard InChI is InChI=1S/C19H18ClF2NO2/c1-18(25,15-7-6-14(21)10-16(15)22)11-23-17(24)19(8-9-19)12-2-4-13(20)5-3-12/h2-7,10,25H,8-9,11H2,1H3,(H,23,24). The van der Waals surface area contributed by atoms with Gasteiger partial charge in [-0.3, -0.25) is 4.79 Å². The molecule has 0 aliphatic heterocycles. The highest BCUT2D eigenvalue weighted by Gasteiger charge is 2.51. The highest BCUT2D eigenvalue weighted by Crippen LogP contribution is 2.48. The van der Waals surface area contributed by atoms with Crippen molar-refractivity contribution in [2.24, 2.45) is 0 Å². The third-order valence-electron chi connectivity index (χ3n) is 4.69. The van der Waals surface area contributed by atoms with E-state index in [0.717, 1.165) is 11.6 Å². The largest absolute Gasteiger partial charge is 0.383 e. The Morgan fingerprint density at radius 2 is 1.88 bits per heavy atom. The Balaban J connectivity index is 1.72. The van der Waals surface area contributed by atoms with Gasteiger partial charge in [0.05, 0.1) is 12.0 Å². The molecule has 0 spiro atoms. The second kappa shape index (κ2) is 6.39. The molecular formula is C19H18ClF2NO2. The summed E-state index contributed by atoms with van der Waals surface area (Å²) in [5.74, 6) is -1.79. The molecule has 1 atom stereocenters. The van der Waals surface area contributed by atoms with Crippen LogP contribution in [0.3, 0.4) is 0 Å². The summed E-state index contributed by atoms with van der Waals surface area (Å²) >= 11 is 5.88. The normalized spacial score (nSPS) is 17.6. The zero-order valence-corrected chi connectivity index (χ0v) is 14.4. The monoisotopic (exact) mass is 365 g/mol. The van der Waals surface area contributed by atoms with Gasteiger partial charge in [0.25, 0.3) is 0 Å². The lowest BCUT2D eigenvalue weighted by molar-refractivity contribution is -0.124. The lowest BCUT2D eigenvalue weighted by atomic mass is 9.92. The molecule has 3 nitrogen and oxygen atoms in total. The van der Waals surface area contributed by atoms with Crippen LogP contribution < -0.4 is 5.32 Å². The predicted molar refractivity (Wildman–Crippen MR) is 91.3 cm³/mol. The second-order valence-electron chi connectivity index (χ2n) is 6.67. The summed E-state index contributed by atoms with van der Waals surface area (Å²) in [5, 5.41) is 13.8. The molecule has 6 heteroatoms. The van der Waals surface area contributed by atoms with Gasteiger partial charge >= 0.3 is 0 Å². The van der Waals surface area contributed by atoms with Crippen LogP contribution in [-0.2, 0) is 15.8 Å². The van der Waals surface area contributed by atoms with E-state index in [4.69, 9.17) is 11.6 Å². The van der Waals surface area contributed by atoms with Crippen molar-refractivity contribution in [1.82, 2.24) is 5.32 Å². The lowest BCUT2D eigenvalue weighted by Crippen LogP contribution is -2.43. The van der Waals surface area contributed by atoms with E-state index in [2.05, 4.69) is 5.32 Å². The number of halogens is 3. The summed E-state index contributed by atoms with van der Waals surface area (Å²) < 4.78 is 26.9. The van der Waals surface area contributed by atoms with E-state index < -0.39 is 22.7 Å². The van der Waals surface area contributed by atoms with Crippen LogP contribution in [0.15, 0.2) is 42.5 Å². The quantitative estimate of drug-likeness (QED) is 0.849. The van der Waals surface area contributed by atoms with E-state index in [-0.39, 0.29) is 18.0 Å². The van der Waals surface area contributed by atoms with Gasteiger partial charge in [0.1, 0.15) is 17.2 Å². The van der Waals surface area contributed by atoms with Crippen LogP contribution in [0.4, 0.5) is 8.78 Å². The van der Waals surface area contributed by atoms with Gasteiger partial charge in [-0.1, -0.05) is 29.8 Å². The summed E-state index contributed by atoms with van der Waals surface area (Å²) in [6.07, 6.45) is 1.40. The lowest BCUT2D eigenvalue weighted by Gasteiger charge is -2.26. The third-order valence-corrected chi connectivity index (χ3v) is 4.94. The van der Waals surface area contributed by atoms with E-state index in [9.17, 15) is 18.7 Å². The first-order valence-corrected chi connectivity index (χ1v) is 8.35. The number of amides is 1. The zero-order valence-electron chi connectivity index (χ0n) is 13.7. The van der Waals surface area contributed by atoms with E-state index in [1.165, 1.54) is 13.0 Å². The molecule has 0 aromatic heterocycles. The number of hydrogen-bond donors (Lipinski definition) is 2. The number of aliphatic hydroxyl groups is 1. The SMILES string of the molecule is CC(O)(CNC(=O)C1(c2ccc(Cl)cc2)CC1)c1ccc(F)cc1F. The van der Waals surface area contributed by atoms with Crippen LogP contribution in [0.25, 0.3) is 0 Å². The number of hydrogen-bond acceptors (Lipinski definition) is 2. The minimum absolute atomic E-state index is 0.0643. The molecule has 1 amide bonds. The molecular weight excluding hydrogens is 348 g/mol. The van der Waals surface area contributed by atoms with E-state index >= 15 is 0 Å². The van der Waals surface area contributed by atoms with E-state index in [1.807, 2.05) is 12.1 Å². The topological polar surface area (TPSA) is 49.3 Å². The molecule has 2 aromatic rings. The summed E-state index contributed by atoms with van der Waals surface area (Å²) in [5.41, 5.74) is -1.47. The minimum atomic E-state index is -1.65. The van der Waals surface area contributed by atoms with Crippen molar-refractivity contribution in [1.29, 1.82) is 0 Å². The van der Waals surface area contributed by atoms with Gasteiger partial charge in [0, 0.05) is 16.7 Å². The first kappa shape index (κ1) is 17.8. The predicted octanol–water partition coefficient (Wildman–Crippen LogP) is 3.67. The fourth-order valence-corrected chi connectivity index (χ4v) is 3.11. The Morgan fingerprint density at radius 1 is 1.24 bits per heavy atom. The van der Waals surface area contributed by atoms with Crippen molar-refractivity contribution in [2.45, 2.75) is 30.8 Å². The van der Waals surface area contributed by atoms with Gasteiger partial charge in [-0.25, -0.2) is 8.78 Å². The fourth-order valence-electron chi connectivity index (χ4n) is 2.98. The van der Waals surface area contributed by atoms with Crippen molar-refractivity contribution in [2.75, 3.05) is 6.54 Å². The van der Waals surface area contributed by atoms with Gasteiger partial charge in [-0.2, -0.15) is 0 Å². The Morgan fingerprint density at radius 3 is 2.44 bits per heavy atom. The van der Waals surface area contributed by atoms with Crippen LogP contribution in [0, 0.1) is 11.6 Å². The molecule has 2 aromatic carbocycles. The average Bonchev–Trinajstić information content (AvgIpc) is 3.35. The van der Waals surface area contributed by atoms with E-state index in [1.54, 1.807) is 12.1 Å². The van der Waals surface area contributed by atoms with Gasteiger partial charge < -0.3 is 10.4 Å². The van der Waals surface area contributed by atoms with Crippen LogP contribution >= 0.6 is 11.6 Å². The number of benzene rings is 2. The molecule has 1 unspecified atom stereocenters. The number of carbonyl (C=O) groups is 1. The molecule has 3 rings (SSSR count). The van der Waals surface area contributed by atoms with E-state index in [0.29, 0.717) is 23.9 Å². The van der Waals surface area contributed by atoms with Crippen molar-refractivity contribution < 1.29 is 18.7 Å². The first-order chi connectivity index (χ1) is 11.7. The second-order valence-corrected chi connectivity index (χ2v) is 7.11. The summed E-state index contributed by atoms with van der Waals surface area (Å²) in [6.45, 7) is 1.20. The van der Waals surface area contributed by atoms with Crippen molar-refractivity contribution >= 4 is 17.5 Å². The number of rotatable bonds is 5. The fraction of sp³-hybridized carbons (Fsp3) is 0.316. The molecule has 1 saturated carbocycles. The van der Waals surface area contributed by atoms with Crippen LogP contribution in [-0.4, -0.2) is 17.6 Å². The molecule has 1 aliphatic carbocycles. The molecule has 1 aliphatic rings. The Bertz CT molecular complexity index is 802. The van der Waals surface area contributed by atoms with Gasteiger partial charge in [-0.05, 0) is 43.5 Å².